The van der Waals surface area contributed by atoms with Crippen LogP contribution in [0.1, 0.15) is 33.5 Å². The van der Waals surface area contributed by atoms with E-state index < -0.39 is 34.5 Å². The van der Waals surface area contributed by atoms with Crippen LogP contribution >= 0.6 is 11.3 Å². The molecule has 1 amide bonds. The summed E-state index contributed by atoms with van der Waals surface area (Å²) in [6, 6.07) is 12.8. The summed E-state index contributed by atoms with van der Waals surface area (Å²) in [5, 5.41) is 7.64. The van der Waals surface area contributed by atoms with E-state index in [2.05, 4.69) is 9.82 Å². The first-order valence-electron chi connectivity index (χ1n) is 9.52. The molecule has 3 aromatic rings. The summed E-state index contributed by atoms with van der Waals surface area (Å²) in [5.41, 5.74) is 0.807. The summed E-state index contributed by atoms with van der Waals surface area (Å²) in [6.07, 6.45) is 2.96. The van der Waals surface area contributed by atoms with Gasteiger partial charge in [0.2, 0.25) is 10.0 Å². The van der Waals surface area contributed by atoms with Gasteiger partial charge in [0.1, 0.15) is 11.8 Å². The van der Waals surface area contributed by atoms with Crippen LogP contribution < -0.4 is 4.72 Å². The van der Waals surface area contributed by atoms with Gasteiger partial charge in [-0.25, -0.2) is 18.2 Å². The molecule has 9 nitrogen and oxygen atoms in total. The van der Waals surface area contributed by atoms with Crippen molar-refractivity contribution in [2.45, 2.75) is 12.5 Å². The van der Waals surface area contributed by atoms with E-state index in [1.165, 1.54) is 34.7 Å². The van der Waals surface area contributed by atoms with Crippen LogP contribution in [0.25, 0.3) is 0 Å². The second kappa shape index (κ2) is 8.97. The minimum atomic E-state index is -3.60. The zero-order chi connectivity index (χ0) is 22.7. The molecular weight excluding hydrogens is 454 g/mol. The Labute approximate surface area is 188 Å². The SMILES string of the molecule is CS(=O)(=O)Nc1ccccc1C(=O)OCC(=O)N1N=C(c2cccs2)CC1c1ccco1. The van der Waals surface area contributed by atoms with Crippen molar-refractivity contribution in [1.29, 1.82) is 0 Å². The van der Waals surface area contributed by atoms with E-state index in [1.54, 1.807) is 24.3 Å². The Kier molecular flexibility index (Phi) is 6.10. The van der Waals surface area contributed by atoms with Gasteiger partial charge in [-0.2, -0.15) is 5.10 Å². The van der Waals surface area contributed by atoms with E-state index in [4.69, 9.17) is 9.15 Å². The predicted octanol–water partition coefficient (Wildman–Crippen LogP) is 3.25. The smallest absolute Gasteiger partial charge is 0.340 e. The van der Waals surface area contributed by atoms with Gasteiger partial charge in [0.05, 0.1) is 34.4 Å². The highest BCUT2D eigenvalue weighted by Crippen LogP contribution is 2.34. The summed E-state index contributed by atoms with van der Waals surface area (Å²) in [7, 11) is -3.60. The number of esters is 1. The maximum Gasteiger partial charge on any atom is 0.340 e. The lowest BCUT2D eigenvalue weighted by molar-refractivity contribution is -0.136. The molecule has 4 rings (SSSR count). The van der Waals surface area contributed by atoms with Crippen molar-refractivity contribution in [2.24, 2.45) is 5.10 Å². The molecule has 1 aliphatic heterocycles. The monoisotopic (exact) mass is 473 g/mol. The molecule has 0 fully saturated rings. The molecule has 0 saturated carbocycles. The van der Waals surface area contributed by atoms with Crippen molar-refractivity contribution < 1.29 is 27.2 Å². The van der Waals surface area contributed by atoms with Gasteiger partial charge in [0.25, 0.3) is 5.91 Å². The van der Waals surface area contributed by atoms with Crippen LogP contribution in [0.2, 0.25) is 0 Å². The first-order valence-corrected chi connectivity index (χ1v) is 12.3. The molecule has 1 N–H and O–H groups in total. The molecule has 1 unspecified atom stereocenters. The lowest BCUT2D eigenvalue weighted by atomic mass is 10.1. The van der Waals surface area contributed by atoms with Gasteiger partial charge in [-0.15, -0.1) is 11.3 Å². The molecule has 0 radical (unpaired) electrons. The summed E-state index contributed by atoms with van der Waals surface area (Å²) < 4.78 is 36.0. The van der Waals surface area contributed by atoms with Crippen molar-refractivity contribution in [1.82, 2.24) is 5.01 Å². The van der Waals surface area contributed by atoms with Crippen LogP contribution in [-0.2, 0) is 19.6 Å². The number of ether oxygens (including phenoxy) is 1. The van der Waals surface area contributed by atoms with Crippen LogP contribution in [0.15, 0.2) is 69.7 Å². The minimum Gasteiger partial charge on any atom is -0.467 e. The lowest BCUT2D eigenvalue weighted by Crippen LogP contribution is -2.31. The number of rotatable bonds is 7. The average Bonchev–Trinajstić information content (AvgIpc) is 3.51. The highest BCUT2D eigenvalue weighted by atomic mass is 32.2. The number of hydrazone groups is 1. The van der Waals surface area contributed by atoms with E-state index in [1.807, 2.05) is 17.5 Å². The molecule has 166 valence electrons. The Balaban J connectivity index is 1.50. The highest BCUT2D eigenvalue weighted by Gasteiger charge is 2.35. The number of benzene rings is 1. The molecule has 2 aromatic heterocycles. The lowest BCUT2D eigenvalue weighted by Gasteiger charge is -2.19. The largest absolute Gasteiger partial charge is 0.467 e. The molecule has 0 aliphatic carbocycles. The van der Waals surface area contributed by atoms with Crippen LogP contribution in [0, 0.1) is 0 Å². The molecular formula is C21H19N3O6S2. The number of carbonyl (C=O) groups excluding carboxylic acids is 2. The Hall–Kier alpha value is -3.44. The van der Waals surface area contributed by atoms with Crippen molar-refractivity contribution in [3.8, 4) is 0 Å². The number of amides is 1. The molecule has 0 saturated heterocycles. The van der Waals surface area contributed by atoms with Gasteiger partial charge < -0.3 is 9.15 Å². The van der Waals surface area contributed by atoms with Gasteiger partial charge in [-0.3, -0.25) is 9.52 Å². The zero-order valence-electron chi connectivity index (χ0n) is 16.9. The number of nitrogens with one attached hydrogen (secondary N) is 1. The number of thiophene rings is 1. The number of sulfonamides is 1. The molecule has 11 heteroatoms. The van der Waals surface area contributed by atoms with E-state index >= 15 is 0 Å². The molecule has 1 aromatic carbocycles. The maximum absolute atomic E-state index is 12.9. The van der Waals surface area contributed by atoms with E-state index in [0.717, 1.165) is 16.8 Å². The number of anilines is 1. The number of nitrogens with zero attached hydrogens (tertiary/aromatic N) is 2. The third-order valence-electron chi connectivity index (χ3n) is 4.61. The summed E-state index contributed by atoms with van der Waals surface area (Å²) in [5.74, 6) is -0.788. The molecule has 1 aliphatic rings. The van der Waals surface area contributed by atoms with Crippen LogP contribution in [0.5, 0.6) is 0 Å². The van der Waals surface area contributed by atoms with Crippen molar-refractivity contribution in [3.05, 3.63) is 76.4 Å². The van der Waals surface area contributed by atoms with Gasteiger partial charge in [-0.05, 0) is 35.7 Å². The number of hydrogen-bond donors (Lipinski definition) is 1. The first-order chi connectivity index (χ1) is 15.3. The van der Waals surface area contributed by atoms with Crippen LogP contribution in [0.4, 0.5) is 5.69 Å². The fraction of sp³-hybridized carbons (Fsp3) is 0.190. The van der Waals surface area contributed by atoms with E-state index in [-0.39, 0.29) is 11.3 Å². The Bertz CT molecular complexity index is 1250. The number of para-hydroxylation sites is 1. The maximum atomic E-state index is 12.9. The van der Waals surface area contributed by atoms with Gasteiger partial charge in [0.15, 0.2) is 6.61 Å². The number of furan rings is 1. The summed E-state index contributed by atoms with van der Waals surface area (Å²) >= 11 is 1.51. The summed E-state index contributed by atoms with van der Waals surface area (Å²) in [4.78, 5) is 26.4. The molecule has 32 heavy (non-hydrogen) atoms. The van der Waals surface area contributed by atoms with Crippen LogP contribution in [0.3, 0.4) is 0 Å². The Morgan fingerprint density at radius 1 is 1.22 bits per heavy atom. The second-order valence-electron chi connectivity index (χ2n) is 6.99. The van der Waals surface area contributed by atoms with Gasteiger partial charge >= 0.3 is 5.97 Å². The van der Waals surface area contributed by atoms with Crippen LogP contribution in [-0.4, -0.2) is 43.9 Å². The minimum absolute atomic E-state index is 0.00231. The average molecular weight is 474 g/mol. The highest BCUT2D eigenvalue weighted by molar-refractivity contribution is 7.92. The van der Waals surface area contributed by atoms with Gasteiger partial charge in [0, 0.05) is 6.42 Å². The van der Waals surface area contributed by atoms with E-state index in [9.17, 15) is 18.0 Å². The fourth-order valence-electron chi connectivity index (χ4n) is 3.26. The van der Waals surface area contributed by atoms with Crippen molar-refractivity contribution >= 4 is 44.6 Å². The van der Waals surface area contributed by atoms with Gasteiger partial charge in [-0.1, -0.05) is 18.2 Å². The van der Waals surface area contributed by atoms with E-state index in [0.29, 0.717) is 12.2 Å². The third kappa shape index (κ3) is 4.89. The Morgan fingerprint density at radius 2 is 2.03 bits per heavy atom. The normalized spacial score (nSPS) is 16.0. The zero-order valence-corrected chi connectivity index (χ0v) is 18.6. The van der Waals surface area contributed by atoms with Crippen molar-refractivity contribution in [2.75, 3.05) is 17.6 Å². The molecule has 1 atom stereocenters. The number of carbonyl (C=O) groups is 2. The standard InChI is InChI=1S/C21H19N3O6S2/c1-32(27,28)23-15-7-3-2-6-14(15)21(26)30-13-20(25)24-17(18-8-4-10-29-18)12-16(22-24)19-9-5-11-31-19/h2-11,17,23H,12-13H2,1H3. The topological polar surface area (TPSA) is 118 Å². The van der Waals surface area contributed by atoms with Crippen molar-refractivity contribution in [3.63, 3.8) is 0 Å². The predicted molar refractivity (Wildman–Crippen MR) is 119 cm³/mol. The fourth-order valence-corrected chi connectivity index (χ4v) is 4.55. The second-order valence-corrected chi connectivity index (χ2v) is 9.69. The Morgan fingerprint density at radius 3 is 2.72 bits per heavy atom. The first kappa shape index (κ1) is 21.8. The third-order valence-corrected chi connectivity index (χ3v) is 6.12. The molecule has 0 bridgehead atoms. The molecule has 0 spiro atoms. The number of hydrogen-bond acceptors (Lipinski definition) is 8. The summed E-state index contributed by atoms with van der Waals surface area (Å²) in [6.45, 7) is -0.565. The molecule has 3 heterocycles. The quantitative estimate of drug-likeness (QED) is 0.526.